The number of nitrogens with one attached hydrogen (secondary N) is 1. The summed E-state index contributed by atoms with van der Waals surface area (Å²) >= 11 is 0. The monoisotopic (exact) mass is 258 g/mol. The SMILES string of the molecule is CCn1cncc1-c1nc(C2CCCC2)cc(=O)[nH]1. The Morgan fingerprint density at radius 1 is 1.42 bits per heavy atom. The van der Waals surface area contributed by atoms with Crippen molar-refractivity contribution in [1.82, 2.24) is 19.5 Å². The van der Waals surface area contributed by atoms with E-state index >= 15 is 0 Å². The Balaban J connectivity index is 2.04. The fourth-order valence-electron chi connectivity index (χ4n) is 2.80. The van der Waals surface area contributed by atoms with Gasteiger partial charge in [0.2, 0.25) is 0 Å². The number of nitrogens with zero attached hydrogens (tertiary/aromatic N) is 3. The van der Waals surface area contributed by atoms with Crippen LogP contribution in [0.2, 0.25) is 0 Å². The molecular formula is C14H18N4O. The largest absolute Gasteiger partial charge is 0.328 e. The Labute approximate surface area is 111 Å². The molecule has 1 aliphatic rings. The number of rotatable bonds is 3. The Bertz CT molecular complexity index is 622. The Kier molecular flexibility index (Phi) is 3.19. The normalized spacial score (nSPS) is 16.1. The van der Waals surface area contributed by atoms with Crippen LogP contribution in [-0.4, -0.2) is 19.5 Å². The van der Waals surface area contributed by atoms with Crippen LogP contribution >= 0.6 is 0 Å². The summed E-state index contributed by atoms with van der Waals surface area (Å²) in [5.41, 5.74) is 1.73. The average molecular weight is 258 g/mol. The van der Waals surface area contributed by atoms with Crippen LogP contribution in [0.25, 0.3) is 11.5 Å². The first kappa shape index (κ1) is 12.1. The second-order valence-corrected chi connectivity index (χ2v) is 5.07. The van der Waals surface area contributed by atoms with Gasteiger partial charge in [-0.05, 0) is 19.8 Å². The zero-order chi connectivity index (χ0) is 13.2. The third kappa shape index (κ3) is 2.32. The van der Waals surface area contributed by atoms with E-state index in [1.54, 1.807) is 18.6 Å². The molecule has 5 heteroatoms. The first-order valence-corrected chi connectivity index (χ1v) is 6.89. The average Bonchev–Trinajstić information content (AvgIpc) is 3.09. The van der Waals surface area contributed by atoms with Gasteiger partial charge in [-0.3, -0.25) is 4.79 Å². The molecule has 0 radical (unpaired) electrons. The lowest BCUT2D eigenvalue weighted by Crippen LogP contribution is -2.13. The van der Waals surface area contributed by atoms with Crippen molar-refractivity contribution in [1.29, 1.82) is 0 Å². The zero-order valence-electron chi connectivity index (χ0n) is 11.1. The van der Waals surface area contributed by atoms with Crippen LogP contribution in [0.1, 0.15) is 44.2 Å². The van der Waals surface area contributed by atoms with Crippen LogP contribution in [0, 0.1) is 0 Å². The molecule has 0 bridgehead atoms. The number of hydrogen-bond acceptors (Lipinski definition) is 3. The maximum Gasteiger partial charge on any atom is 0.251 e. The van der Waals surface area contributed by atoms with Crippen LogP contribution < -0.4 is 5.56 Å². The number of imidazole rings is 1. The van der Waals surface area contributed by atoms with E-state index in [-0.39, 0.29) is 5.56 Å². The minimum Gasteiger partial charge on any atom is -0.328 e. The van der Waals surface area contributed by atoms with Crippen molar-refractivity contribution in [3.05, 3.63) is 34.6 Å². The van der Waals surface area contributed by atoms with Crippen molar-refractivity contribution >= 4 is 0 Å². The lowest BCUT2D eigenvalue weighted by atomic mass is 10.0. The maximum atomic E-state index is 11.8. The summed E-state index contributed by atoms with van der Waals surface area (Å²) in [5, 5.41) is 0. The van der Waals surface area contributed by atoms with E-state index in [4.69, 9.17) is 0 Å². The van der Waals surface area contributed by atoms with Gasteiger partial charge in [-0.15, -0.1) is 0 Å². The minimum atomic E-state index is -0.0734. The van der Waals surface area contributed by atoms with E-state index in [1.165, 1.54) is 12.8 Å². The molecule has 2 aromatic rings. The summed E-state index contributed by atoms with van der Waals surface area (Å²) in [7, 11) is 0. The van der Waals surface area contributed by atoms with Crippen LogP contribution in [-0.2, 0) is 6.54 Å². The summed E-state index contributed by atoms with van der Waals surface area (Å²) in [6.45, 7) is 2.86. The molecule has 100 valence electrons. The highest BCUT2D eigenvalue weighted by atomic mass is 16.1. The first-order chi connectivity index (χ1) is 9.28. The number of aromatic amines is 1. The fraction of sp³-hybridized carbons (Fsp3) is 0.500. The lowest BCUT2D eigenvalue weighted by molar-refractivity contribution is 0.690. The zero-order valence-corrected chi connectivity index (χ0v) is 11.1. The van der Waals surface area contributed by atoms with Crippen molar-refractivity contribution in [2.24, 2.45) is 0 Å². The van der Waals surface area contributed by atoms with Gasteiger partial charge in [-0.1, -0.05) is 12.8 Å². The van der Waals surface area contributed by atoms with Gasteiger partial charge in [-0.25, -0.2) is 9.97 Å². The van der Waals surface area contributed by atoms with Crippen molar-refractivity contribution in [3.8, 4) is 11.5 Å². The van der Waals surface area contributed by atoms with Crippen LogP contribution in [0.4, 0.5) is 0 Å². The second-order valence-electron chi connectivity index (χ2n) is 5.07. The molecule has 0 unspecified atom stereocenters. The third-order valence-corrected chi connectivity index (χ3v) is 3.83. The van der Waals surface area contributed by atoms with E-state index in [0.29, 0.717) is 11.7 Å². The topological polar surface area (TPSA) is 63.6 Å². The molecule has 1 saturated carbocycles. The van der Waals surface area contributed by atoms with Gasteiger partial charge in [0.05, 0.1) is 18.2 Å². The Morgan fingerprint density at radius 2 is 2.21 bits per heavy atom. The molecule has 0 saturated heterocycles. The van der Waals surface area contributed by atoms with Crippen LogP contribution in [0.3, 0.4) is 0 Å². The van der Waals surface area contributed by atoms with E-state index in [1.807, 2.05) is 11.5 Å². The second kappa shape index (κ2) is 4.99. The quantitative estimate of drug-likeness (QED) is 0.918. The number of aromatic nitrogens is 4. The number of H-pyrrole nitrogens is 1. The van der Waals surface area contributed by atoms with E-state index in [2.05, 4.69) is 15.0 Å². The fourth-order valence-corrected chi connectivity index (χ4v) is 2.80. The van der Waals surface area contributed by atoms with Gasteiger partial charge in [0, 0.05) is 18.5 Å². The van der Waals surface area contributed by atoms with E-state index in [9.17, 15) is 4.79 Å². The van der Waals surface area contributed by atoms with Gasteiger partial charge in [0.15, 0.2) is 5.82 Å². The summed E-state index contributed by atoms with van der Waals surface area (Å²) in [5.74, 6) is 1.08. The predicted molar refractivity (Wildman–Crippen MR) is 73.0 cm³/mol. The molecule has 0 atom stereocenters. The summed E-state index contributed by atoms with van der Waals surface area (Å²) in [6.07, 6.45) is 8.27. The molecule has 1 aliphatic carbocycles. The van der Waals surface area contributed by atoms with Crippen molar-refractivity contribution in [3.63, 3.8) is 0 Å². The smallest absolute Gasteiger partial charge is 0.251 e. The molecule has 5 nitrogen and oxygen atoms in total. The summed E-state index contributed by atoms with van der Waals surface area (Å²) in [6, 6.07) is 1.64. The van der Waals surface area contributed by atoms with Crippen LogP contribution in [0.15, 0.2) is 23.4 Å². The number of aryl methyl sites for hydroxylation is 1. The molecule has 0 aromatic carbocycles. The molecule has 0 spiro atoms. The maximum absolute atomic E-state index is 11.8. The van der Waals surface area contributed by atoms with Crippen molar-refractivity contribution in [2.75, 3.05) is 0 Å². The highest BCUT2D eigenvalue weighted by molar-refractivity contribution is 5.48. The lowest BCUT2D eigenvalue weighted by Gasteiger charge is -2.10. The van der Waals surface area contributed by atoms with Crippen molar-refractivity contribution in [2.45, 2.75) is 45.1 Å². The van der Waals surface area contributed by atoms with Gasteiger partial charge >= 0.3 is 0 Å². The molecule has 1 N–H and O–H groups in total. The van der Waals surface area contributed by atoms with Crippen molar-refractivity contribution < 1.29 is 0 Å². The Hall–Kier alpha value is -1.91. The molecule has 0 amide bonds. The molecule has 19 heavy (non-hydrogen) atoms. The molecular weight excluding hydrogens is 240 g/mol. The highest BCUT2D eigenvalue weighted by Crippen LogP contribution is 2.32. The van der Waals surface area contributed by atoms with Gasteiger partial charge in [0.25, 0.3) is 5.56 Å². The number of hydrogen-bond donors (Lipinski definition) is 1. The third-order valence-electron chi connectivity index (χ3n) is 3.83. The standard InChI is InChI=1S/C14H18N4O/c1-2-18-9-15-8-12(18)14-16-11(7-13(19)17-14)10-5-3-4-6-10/h7-10H,2-6H2,1H3,(H,16,17,19). The van der Waals surface area contributed by atoms with Crippen LogP contribution in [0.5, 0.6) is 0 Å². The van der Waals surface area contributed by atoms with Gasteiger partial charge in [-0.2, -0.15) is 0 Å². The summed E-state index contributed by atoms with van der Waals surface area (Å²) in [4.78, 5) is 23.4. The van der Waals surface area contributed by atoms with E-state index < -0.39 is 0 Å². The molecule has 0 aliphatic heterocycles. The van der Waals surface area contributed by atoms with Gasteiger partial charge in [0.1, 0.15) is 5.69 Å². The molecule has 2 aromatic heterocycles. The molecule has 1 fully saturated rings. The molecule has 3 rings (SSSR count). The molecule has 2 heterocycles. The first-order valence-electron chi connectivity index (χ1n) is 6.89. The Morgan fingerprint density at radius 3 is 2.95 bits per heavy atom. The minimum absolute atomic E-state index is 0.0734. The van der Waals surface area contributed by atoms with Gasteiger partial charge < -0.3 is 9.55 Å². The highest BCUT2D eigenvalue weighted by Gasteiger charge is 2.20. The van der Waals surface area contributed by atoms with E-state index in [0.717, 1.165) is 30.8 Å². The summed E-state index contributed by atoms with van der Waals surface area (Å²) < 4.78 is 1.98. The predicted octanol–water partition coefficient (Wildman–Crippen LogP) is 2.31.